The number of benzene rings is 4. The van der Waals surface area contributed by atoms with E-state index in [1.54, 1.807) is 50.2 Å². The number of carbonyl (C=O) groups excluding carboxylic acids is 4. The number of halogens is 1. The summed E-state index contributed by atoms with van der Waals surface area (Å²) in [5.74, 6) is 0. The summed E-state index contributed by atoms with van der Waals surface area (Å²) < 4.78 is 35.6. The summed E-state index contributed by atoms with van der Waals surface area (Å²) in [4.78, 5) is 48.2. The van der Waals surface area contributed by atoms with Crippen LogP contribution < -0.4 is 31.9 Å². The van der Waals surface area contributed by atoms with Crippen LogP contribution in [0, 0.1) is 13.8 Å². The molecule has 0 radical (unpaired) electrons. The second-order valence-corrected chi connectivity index (χ2v) is 12.3. The van der Waals surface area contributed by atoms with E-state index in [0.717, 1.165) is 11.1 Å². The third-order valence-electron chi connectivity index (χ3n) is 6.56. The van der Waals surface area contributed by atoms with Gasteiger partial charge in [0.05, 0.1) is 16.9 Å². The first-order chi connectivity index (χ1) is 22.4. The second kappa shape index (κ2) is 15.3. The number of amides is 6. The average molecular weight is 773 g/mol. The number of ether oxygens (including phenoxy) is 1. The number of urea groups is 2. The maximum absolute atomic E-state index is 13.2. The molecule has 16 heteroatoms. The van der Waals surface area contributed by atoms with E-state index in [4.69, 9.17) is 0 Å². The minimum atomic E-state index is -3.92. The van der Waals surface area contributed by atoms with Gasteiger partial charge in [-0.05, 0) is 97.8 Å². The van der Waals surface area contributed by atoms with E-state index in [9.17, 15) is 27.6 Å². The molecule has 0 heterocycles. The quantitative estimate of drug-likeness (QED) is 0.0992. The maximum atomic E-state index is 13.2. The van der Waals surface area contributed by atoms with Crippen molar-refractivity contribution in [1.29, 1.82) is 0 Å². The van der Waals surface area contributed by atoms with Crippen LogP contribution in [-0.2, 0) is 17.6 Å². The standard InChI is InChI=1S/C31H29IN6O8S/c1-18-4-6-22(16-26(18)37-30(41)45-3)35-28(39)33-20-8-12-24(13-9-20)47(43,44)25-14-10-21(11-15-25)34-29(40)36-23-7-5-19(2)27(17-23)38-31(42)46-32/h4-17H,1-3H3,(H,37,41)(H,38,42)(H2,33,35,39)(H2,34,36,40). The van der Waals surface area contributed by atoms with Gasteiger partial charge in [0.15, 0.2) is 23.0 Å². The number of sulfone groups is 1. The topological polar surface area (TPSA) is 193 Å². The molecule has 4 aromatic rings. The molecule has 47 heavy (non-hydrogen) atoms. The van der Waals surface area contributed by atoms with Crippen LogP contribution in [-0.4, -0.2) is 39.8 Å². The lowest BCUT2D eigenvalue weighted by Crippen LogP contribution is -2.20. The van der Waals surface area contributed by atoms with Gasteiger partial charge in [0, 0.05) is 34.1 Å². The molecular formula is C31H29IN6O8S. The zero-order chi connectivity index (χ0) is 34.1. The van der Waals surface area contributed by atoms with Gasteiger partial charge in [-0.25, -0.2) is 27.6 Å². The second-order valence-electron chi connectivity index (χ2n) is 9.88. The van der Waals surface area contributed by atoms with Crippen LogP contribution in [0.1, 0.15) is 11.1 Å². The smallest absolute Gasteiger partial charge is 0.421 e. The molecule has 0 saturated carbocycles. The van der Waals surface area contributed by atoms with Crippen LogP contribution in [0.25, 0.3) is 0 Å². The zero-order valence-electron chi connectivity index (χ0n) is 25.1. The molecule has 0 bridgehead atoms. The number of rotatable bonds is 8. The Morgan fingerprint density at radius 1 is 0.553 bits per heavy atom. The molecule has 0 saturated heterocycles. The summed E-state index contributed by atoms with van der Waals surface area (Å²) in [5.41, 5.74) is 3.94. The molecule has 6 N–H and O–H groups in total. The molecule has 0 aliphatic heterocycles. The predicted octanol–water partition coefficient (Wildman–Crippen LogP) is 7.50. The molecule has 0 aliphatic carbocycles. The van der Waals surface area contributed by atoms with Gasteiger partial charge in [-0.15, -0.1) is 0 Å². The summed E-state index contributed by atoms with van der Waals surface area (Å²) in [7, 11) is -2.67. The van der Waals surface area contributed by atoms with Crippen LogP contribution >= 0.6 is 23.0 Å². The SMILES string of the molecule is COC(=O)Nc1cc(NC(=O)Nc2ccc(S(=O)(=O)c3ccc(NC(=O)Nc4ccc(C)c(NC(=O)OI)c4)cc3)cc2)ccc1C. The van der Waals surface area contributed by atoms with Gasteiger partial charge >= 0.3 is 24.2 Å². The number of aryl methyl sites for hydroxylation is 2. The van der Waals surface area contributed by atoms with Crippen molar-refractivity contribution in [3.8, 4) is 0 Å². The average Bonchev–Trinajstić information content (AvgIpc) is 3.04. The van der Waals surface area contributed by atoms with Crippen molar-refractivity contribution in [2.45, 2.75) is 23.6 Å². The highest BCUT2D eigenvalue weighted by Crippen LogP contribution is 2.25. The number of anilines is 6. The third-order valence-corrected chi connectivity index (χ3v) is 8.75. The lowest BCUT2D eigenvalue weighted by Gasteiger charge is -2.12. The zero-order valence-corrected chi connectivity index (χ0v) is 28.1. The summed E-state index contributed by atoms with van der Waals surface area (Å²) in [5, 5.41) is 15.7. The molecule has 14 nitrogen and oxygen atoms in total. The number of hydrogen-bond donors (Lipinski definition) is 6. The fourth-order valence-corrected chi connectivity index (χ4v) is 5.49. The van der Waals surface area contributed by atoms with Crippen molar-refractivity contribution < 1.29 is 35.4 Å². The van der Waals surface area contributed by atoms with E-state index in [1.807, 2.05) is 0 Å². The molecule has 0 aromatic heterocycles. The predicted molar refractivity (Wildman–Crippen MR) is 186 cm³/mol. The van der Waals surface area contributed by atoms with Crippen molar-refractivity contribution in [3.63, 3.8) is 0 Å². The maximum Gasteiger partial charge on any atom is 0.421 e. The van der Waals surface area contributed by atoms with E-state index in [-0.39, 0.29) is 9.79 Å². The Balaban J connectivity index is 1.35. The molecule has 0 atom stereocenters. The summed E-state index contributed by atoms with van der Waals surface area (Å²) in [6, 6.07) is 19.9. The summed E-state index contributed by atoms with van der Waals surface area (Å²) >= 11 is 1.46. The Bertz CT molecular complexity index is 1790. The first-order valence-corrected chi connectivity index (χ1v) is 16.0. The molecule has 0 unspecified atom stereocenters. The minimum Gasteiger partial charge on any atom is -0.453 e. The molecule has 0 fully saturated rings. The fraction of sp³-hybridized carbons (Fsp3) is 0.0968. The third kappa shape index (κ3) is 9.33. The van der Waals surface area contributed by atoms with Crippen molar-refractivity contribution >= 4 is 91.2 Å². The fourth-order valence-electron chi connectivity index (χ4n) is 4.12. The first-order valence-electron chi connectivity index (χ1n) is 13.6. The highest BCUT2D eigenvalue weighted by Gasteiger charge is 2.18. The molecule has 4 rings (SSSR count). The number of hydrogen-bond acceptors (Lipinski definition) is 8. The van der Waals surface area contributed by atoms with Gasteiger partial charge in [-0.1, -0.05) is 12.1 Å². The Hall–Kier alpha value is -5.36. The lowest BCUT2D eigenvalue weighted by molar-refractivity contribution is 0.187. The van der Waals surface area contributed by atoms with Crippen molar-refractivity contribution in [3.05, 3.63) is 96.1 Å². The van der Waals surface area contributed by atoms with E-state index >= 15 is 0 Å². The Labute approximate surface area is 284 Å². The minimum absolute atomic E-state index is 0.00537. The van der Waals surface area contributed by atoms with Crippen LogP contribution in [0.4, 0.5) is 53.3 Å². The number of methoxy groups -OCH3 is 1. The highest BCUT2D eigenvalue weighted by molar-refractivity contribution is 14.1. The van der Waals surface area contributed by atoms with Crippen LogP contribution in [0.3, 0.4) is 0 Å². The van der Waals surface area contributed by atoms with Gasteiger partial charge in [-0.3, -0.25) is 10.6 Å². The van der Waals surface area contributed by atoms with E-state index in [0.29, 0.717) is 34.1 Å². The van der Waals surface area contributed by atoms with Crippen molar-refractivity contribution in [2.24, 2.45) is 0 Å². The Morgan fingerprint density at radius 2 is 0.915 bits per heavy atom. The van der Waals surface area contributed by atoms with Crippen molar-refractivity contribution in [2.75, 3.05) is 39.0 Å². The van der Waals surface area contributed by atoms with Gasteiger partial charge in [-0.2, -0.15) is 0 Å². The summed E-state index contributed by atoms with van der Waals surface area (Å²) in [6.45, 7) is 3.57. The molecular weight excluding hydrogens is 743 g/mol. The van der Waals surface area contributed by atoms with Crippen molar-refractivity contribution in [1.82, 2.24) is 0 Å². The van der Waals surface area contributed by atoms with Gasteiger partial charge < -0.3 is 29.1 Å². The molecule has 0 aliphatic rings. The van der Waals surface area contributed by atoms with E-state index in [2.05, 4.69) is 39.7 Å². The van der Waals surface area contributed by atoms with Gasteiger partial charge in [0.25, 0.3) is 0 Å². The molecule has 6 amide bonds. The van der Waals surface area contributed by atoms with Crippen LogP contribution in [0.15, 0.2) is 94.7 Å². The van der Waals surface area contributed by atoms with E-state index in [1.165, 1.54) is 78.6 Å². The van der Waals surface area contributed by atoms with Crippen LogP contribution in [0.5, 0.6) is 0 Å². The largest absolute Gasteiger partial charge is 0.453 e. The molecule has 4 aromatic carbocycles. The number of carbonyl (C=O) groups is 4. The molecule has 244 valence electrons. The van der Waals surface area contributed by atoms with Gasteiger partial charge in [0.1, 0.15) is 0 Å². The van der Waals surface area contributed by atoms with Gasteiger partial charge in [0.2, 0.25) is 9.84 Å². The molecule has 0 spiro atoms. The van der Waals surface area contributed by atoms with E-state index < -0.39 is 34.1 Å². The summed E-state index contributed by atoms with van der Waals surface area (Å²) in [6.07, 6.45) is -1.31. The monoisotopic (exact) mass is 772 g/mol. The highest BCUT2D eigenvalue weighted by atomic mass is 127. The number of nitrogens with one attached hydrogen (secondary N) is 6. The Kier molecular flexibility index (Phi) is 11.2. The normalized spacial score (nSPS) is 10.6. The lowest BCUT2D eigenvalue weighted by atomic mass is 10.2. The Morgan fingerprint density at radius 3 is 1.30 bits per heavy atom. The first kappa shape index (κ1) is 34.5. The van der Waals surface area contributed by atoms with Crippen LogP contribution in [0.2, 0.25) is 0 Å².